The summed E-state index contributed by atoms with van der Waals surface area (Å²) < 4.78 is 76.3. The SMILES string of the molecule is [2H]C([2H])([2H])C([2H])(C)C(CC[C@@H](C)[C@@]12CCCC1C1C(CC2)[C@@]2(C)CC[C@H](NCCCNCCCCCCCCN)C[C@@H]2C[C@H]1OP)OS(=O)(=O)O. The third kappa shape index (κ3) is 10.4. The van der Waals surface area contributed by atoms with Crippen LogP contribution in [0.2, 0.25) is 0 Å². The Hall–Kier alpha value is 0.140. The second-order valence-corrected chi connectivity index (χ2v) is 17.5. The second kappa shape index (κ2) is 18.6. The maximum absolute atomic E-state index is 11.7. The van der Waals surface area contributed by atoms with Crippen LogP contribution in [-0.2, 0) is 19.1 Å². The van der Waals surface area contributed by atoms with E-state index in [0.717, 1.165) is 77.5 Å². The van der Waals surface area contributed by atoms with Gasteiger partial charge in [0, 0.05) is 21.0 Å². The Kier molecular flexibility index (Phi) is 13.5. The fraction of sp³-hybridized carbons (Fsp3) is 1.00. The molecule has 12 atom stereocenters. The molecule has 0 aliphatic heterocycles. The van der Waals surface area contributed by atoms with Gasteiger partial charge in [0.05, 0.1) is 12.2 Å². The highest BCUT2D eigenvalue weighted by molar-refractivity contribution is 7.80. The molecular formula is C37H72N3O5PS. The van der Waals surface area contributed by atoms with Gasteiger partial charge in [-0.2, -0.15) is 8.42 Å². The summed E-state index contributed by atoms with van der Waals surface area (Å²) >= 11 is 0. The lowest BCUT2D eigenvalue weighted by Crippen LogP contribution is -2.60. The molecule has 4 aliphatic carbocycles. The van der Waals surface area contributed by atoms with Crippen LogP contribution in [-0.4, -0.2) is 57.4 Å². The van der Waals surface area contributed by atoms with Crippen molar-refractivity contribution in [2.24, 2.45) is 52.0 Å². The first-order chi connectivity index (χ1) is 24.0. The number of unbranched alkanes of at least 4 members (excludes halogenated alkanes) is 5. The summed E-state index contributed by atoms with van der Waals surface area (Å²) in [5.74, 6) is 0.157. The molecule has 5 N–H and O–H groups in total. The lowest BCUT2D eigenvalue weighted by atomic mass is 9.43. The van der Waals surface area contributed by atoms with E-state index in [2.05, 4.69) is 33.9 Å². The van der Waals surface area contributed by atoms with Crippen molar-refractivity contribution in [3.63, 3.8) is 0 Å². The first-order valence-electron chi connectivity index (χ1n) is 21.2. The Morgan fingerprint density at radius 1 is 0.979 bits per heavy atom. The number of hydrogen-bond acceptors (Lipinski definition) is 7. The van der Waals surface area contributed by atoms with E-state index in [9.17, 15) is 13.0 Å². The molecule has 4 fully saturated rings. The molecule has 0 spiro atoms. The van der Waals surface area contributed by atoms with Crippen LogP contribution in [0.3, 0.4) is 0 Å². The van der Waals surface area contributed by atoms with Gasteiger partial charge in [-0.1, -0.05) is 59.7 Å². The van der Waals surface area contributed by atoms with Crippen molar-refractivity contribution < 1.29 is 27.2 Å². The molecule has 47 heavy (non-hydrogen) atoms. The fourth-order valence-electron chi connectivity index (χ4n) is 11.0. The van der Waals surface area contributed by atoms with E-state index >= 15 is 0 Å². The molecule has 4 aliphatic rings. The molecule has 0 aromatic rings. The molecule has 0 saturated heterocycles. The van der Waals surface area contributed by atoms with Crippen molar-refractivity contribution in [3.05, 3.63) is 0 Å². The highest BCUT2D eigenvalue weighted by Crippen LogP contribution is 2.68. The van der Waals surface area contributed by atoms with Crippen LogP contribution in [0.15, 0.2) is 0 Å². The van der Waals surface area contributed by atoms with Crippen molar-refractivity contribution in [1.29, 1.82) is 0 Å². The summed E-state index contributed by atoms with van der Waals surface area (Å²) in [5.41, 5.74) is 5.93. The predicted molar refractivity (Wildman–Crippen MR) is 196 cm³/mol. The average molecular weight is 706 g/mol. The molecule has 276 valence electrons. The monoisotopic (exact) mass is 706 g/mol. The van der Waals surface area contributed by atoms with E-state index in [1.54, 1.807) is 0 Å². The van der Waals surface area contributed by atoms with Crippen molar-refractivity contribution in [2.75, 3.05) is 26.2 Å². The van der Waals surface area contributed by atoms with Crippen LogP contribution >= 0.6 is 9.47 Å². The van der Waals surface area contributed by atoms with Crippen LogP contribution in [0.25, 0.3) is 0 Å². The fourth-order valence-corrected chi connectivity index (χ4v) is 11.8. The van der Waals surface area contributed by atoms with E-state index < -0.39 is 29.2 Å². The minimum Gasteiger partial charge on any atom is -0.362 e. The third-order valence-corrected chi connectivity index (χ3v) is 14.4. The minimum atomic E-state index is -4.92. The van der Waals surface area contributed by atoms with Crippen LogP contribution < -0.4 is 16.4 Å². The molecule has 0 aromatic carbocycles. The van der Waals surface area contributed by atoms with Crippen molar-refractivity contribution in [3.8, 4) is 0 Å². The molecule has 0 heterocycles. The average Bonchev–Trinajstić information content (AvgIpc) is 3.51. The molecule has 0 bridgehead atoms. The van der Waals surface area contributed by atoms with Crippen molar-refractivity contribution >= 4 is 19.9 Å². The standard InChI is InChI=1S/C37H72N3O5PS/c1-27(2)33(45-47(41,42)43)15-14-28(3)37-18-11-13-32(37)35-31(17-20-37)36(4)19-16-30(25-29(36)26-34(35)44-46)40-24-12-23-39-22-10-8-6-5-7-9-21-38/h27-35,39-40H,5-26,38,46H2,1-4H3,(H,41,42,43)/t28-,29-,30+,31?,32?,33?,34-,35?,36+,37+/m1/s1/i1D3,27D/t27?,28-,29-,30+,31?,32?,33?,34-,35?,36+,37+. The Labute approximate surface area is 296 Å². The van der Waals surface area contributed by atoms with Gasteiger partial charge in [-0.25, -0.2) is 4.18 Å². The highest BCUT2D eigenvalue weighted by atomic mass is 32.3. The Morgan fingerprint density at radius 3 is 2.45 bits per heavy atom. The maximum Gasteiger partial charge on any atom is 0.397 e. The number of rotatable bonds is 21. The molecule has 6 unspecified atom stereocenters. The molecule has 0 aromatic heterocycles. The van der Waals surface area contributed by atoms with Gasteiger partial charge in [0.1, 0.15) is 0 Å². The van der Waals surface area contributed by atoms with Gasteiger partial charge in [0.15, 0.2) is 0 Å². The summed E-state index contributed by atoms with van der Waals surface area (Å²) in [6.45, 7) is 7.25. The van der Waals surface area contributed by atoms with Gasteiger partial charge >= 0.3 is 10.4 Å². The predicted octanol–water partition coefficient (Wildman–Crippen LogP) is 7.68. The Balaban J connectivity index is 1.32. The highest BCUT2D eigenvalue weighted by Gasteiger charge is 2.62. The van der Waals surface area contributed by atoms with Crippen molar-refractivity contribution in [2.45, 2.75) is 161 Å². The smallest absolute Gasteiger partial charge is 0.362 e. The molecule has 8 nitrogen and oxygen atoms in total. The third-order valence-electron chi connectivity index (χ3n) is 13.6. The zero-order chi connectivity index (χ0) is 37.5. The summed E-state index contributed by atoms with van der Waals surface area (Å²) in [6.07, 6.45) is 18.5. The molecule has 4 rings (SSSR count). The van der Waals surface area contributed by atoms with E-state index in [-0.39, 0.29) is 29.3 Å². The van der Waals surface area contributed by atoms with E-state index in [0.29, 0.717) is 36.1 Å². The normalized spacial score (nSPS) is 38.1. The zero-order valence-corrected chi connectivity index (χ0v) is 31.8. The first-order valence-corrected chi connectivity index (χ1v) is 21.0. The van der Waals surface area contributed by atoms with Gasteiger partial charge in [-0.3, -0.25) is 4.55 Å². The number of hydrogen-bond donors (Lipinski definition) is 4. The molecule has 0 radical (unpaired) electrons. The molecule has 0 amide bonds. The van der Waals surface area contributed by atoms with Gasteiger partial charge in [0.2, 0.25) is 0 Å². The van der Waals surface area contributed by atoms with Crippen LogP contribution in [0.5, 0.6) is 0 Å². The van der Waals surface area contributed by atoms with Crippen LogP contribution in [0.4, 0.5) is 0 Å². The maximum atomic E-state index is 11.7. The molecule has 4 saturated carbocycles. The minimum absolute atomic E-state index is 0.0596. The van der Waals surface area contributed by atoms with Gasteiger partial charge in [-0.15, -0.1) is 0 Å². The van der Waals surface area contributed by atoms with Crippen LogP contribution in [0.1, 0.15) is 149 Å². The van der Waals surface area contributed by atoms with Crippen molar-refractivity contribution in [1.82, 2.24) is 10.6 Å². The quantitative estimate of drug-likeness (QED) is 0.0545. The van der Waals surface area contributed by atoms with E-state index in [1.165, 1.54) is 58.3 Å². The van der Waals surface area contributed by atoms with E-state index in [1.807, 2.05) is 0 Å². The summed E-state index contributed by atoms with van der Waals surface area (Å²) in [6, 6.07) is 0.558. The Bertz CT molecular complexity index is 1190. The molecular weight excluding hydrogens is 629 g/mol. The van der Waals surface area contributed by atoms with Gasteiger partial charge in [-0.05, 0) is 156 Å². The lowest BCUT2D eigenvalue weighted by molar-refractivity contribution is -0.162. The summed E-state index contributed by atoms with van der Waals surface area (Å²) in [5, 5.41) is 7.55. The number of nitrogens with two attached hydrogens (primary N) is 1. The second-order valence-electron chi connectivity index (χ2n) is 16.2. The number of fused-ring (bicyclic) bond motifs is 5. The molecule has 10 heteroatoms. The Morgan fingerprint density at radius 2 is 1.72 bits per heavy atom. The first kappa shape index (κ1) is 34.2. The summed E-state index contributed by atoms with van der Waals surface area (Å²) in [7, 11) is -2.32. The summed E-state index contributed by atoms with van der Waals surface area (Å²) in [4.78, 5) is 0. The van der Waals surface area contributed by atoms with Crippen LogP contribution in [0, 0.1) is 46.3 Å². The number of nitrogens with one attached hydrogen (secondary N) is 2. The lowest BCUT2D eigenvalue weighted by Gasteiger charge is -2.63. The van der Waals surface area contributed by atoms with E-state index in [4.69, 9.17) is 19.9 Å². The zero-order valence-electron chi connectivity index (χ0n) is 33.8. The van der Waals surface area contributed by atoms with Gasteiger partial charge in [0.25, 0.3) is 0 Å². The largest absolute Gasteiger partial charge is 0.397 e. The topological polar surface area (TPSA) is 123 Å². The van der Waals surface area contributed by atoms with Gasteiger partial charge < -0.3 is 20.9 Å².